The molecular formula is C26H24ClFN6O. The summed E-state index contributed by atoms with van der Waals surface area (Å²) in [6.45, 7) is 10.6. The molecule has 0 amide bonds. The molecule has 3 aliphatic rings. The lowest BCUT2D eigenvalue weighted by molar-refractivity contribution is 0.347. The second-order valence-corrected chi connectivity index (χ2v) is 10.00. The number of hydrogen-bond donors (Lipinski definition) is 1. The van der Waals surface area contributed by atoms with Gasteiger partial charge in [0.15, 0.2) is 5.82 Å². The van der Waals surface area contributed by atoms with Gasteiger partial charge in [0.25, 0.3) is 5.56 Å². The van der Waals surface area contributed by atoms with Gasteiger partial charge in [0.2, 0.25) is 5.69 Å². The van der Waals surface area contributed by atoms with Crippen LogP contribution in [-0.2, 0) is 0 Å². The fourth-order valence-corrected chi connectivity index (χ4v) is 5.49. The lowest BCUT2D eigenvalue weighted by Crippen LogP contribution is -2.41. The lowest BCUT2D eigenvalue weighted by atomic mass is 9.89. The molecule has 2 aromatic heterocycles. The molecule has 2 saturated heterocycles. The molecule has 3 aromatic rings. The lowest BCUT2D eigenvalue weighted by Gasteiger charge is -2.35. The summed E-state index contributed by atoms with van der Waals surface area (Å²) in [6, 6.07) is 8.04. The minimum atomic E-state index is -0.658. The molecule has 1 saturated carbocycles. The van der Waals surface area contributed by atoms with Gasteiger partial charge >= 0.3 is 0 Å². The SMILES string of the molecule is [C-]#[N+]c1ccc(-c2nc(N3CCC4CNCC4C3)c(Cl)c(=O)n2-c2ccc(C3CC3)nc2)cc1F. The number of rotatable bonds is 4. The van der Waals surface area contributed by atoms with Crippen molar-refractivity contribution in [2.45, 2.75) is 25.2 Å². The van der Waals surface area contributed by atoms with E-state index in [4.69, 9.17) is 23.2 Å². The van der Waals surface area contributed by atoms with Gasteiger partial charge in [0.1, 0.15) is 16.7 Å². The van der Waals surface area contributed by atoms with Crippen LogP contribution in [-0.4, -0.2) is 40.7 Å². The Morgan fingerprint density at radius 1 is 1.14 bits per heavy atom. The molecule has 0 bridgehead atoms. The number of pyridine rings is 1. The number of aromatic nitrogens is 3. The van der Waals surface area contributed by atoms with Crippen LogP contribution in [0, 0.1) is 24.2 Å². The molecule has 6 rings (SSSR count). The average molecular weight is 491 g/mol. The fourth-order valence-electron chi connectivity index (χ4n) is 5.25. The summed E-state index contributed by atoms with van der Waals surface area (Å²) in [6.07, 6.45) is 4.89. The van der Waals surface area contributed by atoms with Crippen LogP contribution in [0.4, 0.5) is 15.9 Å². The van der Waals surface area contributed by atoms with E-state index in [-0.39, 0.29) is 16.5 Å². The highest BCUT2D eigenvalue weighted by molar-refractivity contribution is 6.32. The van der Waals surface area contributed by atoms with Gasteiger partial charge in [-0.25, -0.2) is 14.2 Å². The third kappa shape index (κ3) is 3.99. The van der Waals surface area contributed by atoms with Crippen molar-refractivity contribution >= 4 is 23.1 Å². The van der Waals surface area contributed by atoms with Crippen LogP contribution < -0.4 is 15.8 Å². The van der Waals surface area contributed by atoms with E-state index in [0.29, 0.717) is 34.8 Å². The van der Waals surface area contributed by atoms with Gasteiger partial charge in [-0.3, -0.25) is 14.3 Å². The van der Waals surface area contributed by atoms with E-state index in [9.17, 15) is 9.18 Å². The third-order valence-electron chi connectivity index (χ3n) is 7.37. The first-order valence-electron chi connectivity index (χ1n) is 12.0. The predicted octanol–water partition coefficient (Wildman–Crippen LogP) is 4.56. The maximum atomic E-state index is 14.6. The first kappa shape index (κ1) is 22.2. The van der Waals surface area contributed by atoms with Crippen LogP contribution in [0.15, 0.2) is 41.3 Å². The Balaban J connectivity index is 1.49. The molecule has 1 N–H and O–H groups in total. The van der Waals surface area contributed by atoms with E-state index >= 15 is 0 Å². The summed E-state index contributed by atoms with van der Waals surface area (Å²) in [7, 11) is 0. The van der Waals surface area contributed by atoms with Gasteiger partial charge in [-0.05, 0) is 62.4 Å². The zero-order chi connectivity index (χ0) is 24.1. The molecule has 2 unspecified atom stereocenters. The van der Waals surface area contributed by atoms with Crippen molar-refractivity contribution < 1.29 is 4.39 Å². The number of piperidine rings is 1. The minimum Gasteiger partial charge on any atom is -0.355 e. The zero-order valence-electron chi connectivity index (χ0n) is 19.0. The smallest absolute Gasteiger partial charge is 0.279 e. The van der Waals surface area contributed by atoms with E-state index in [0.717, 1.165) is 51.1 Å². The Bertz CT molecular complexity index is 1390. The molecule has 4 heterocycles. The summed E-state index contributed by atoms with van der Waals surface area (Å²) in [4.78, 5) is 28.4. The molecule has 1 aromatic carbocycles. The van der Waals surface area contributed by atoms with Gasteiger partial charge in [-0.2, -0.15) is 0 Å². The summed E-state index contributed by atoms with van der Waals surface area (Å²) in [5.41, 5.74) is 1.41. The summed E-state index contributed by atoms with van der Waals surface area (Å²) >= 11 is 6.67. The zero-order valence-corrected chi connectivity index (χ0v) is 19.8. The molecule has 0 spiro atoms. The number of halogens is 2. The first-order valence-corrected chi connectivity index (χ1v) is 12.3. The molecular weight excluding hydrogens is 467 g/mol. The monoisotopic (exact) mass is 490 g/mol. The van der Waals surface area contributed by atoms with E-state index in [1.807, 2.05) is 12.1 Å². The highest BCUT2D eigenvalue weighted by Crippen LogP contribution is 2.39. The van der Waals surface area contributed by atoms with Crippen molar-refractivity contribution in [3.8, 4) is 17.1 Å². The largest absolute Gasteiger partial charge is 0.355 e. The van der Waals surface area contributed by atoms with E-state index in [1.165, 1.54) is 16.7 Å². The van der Waals surface area contributed by atoms with Crippen LogP contribution in [0.2, 0.25) is 5.02 Å². The molecule has 35 heavy (non-hydrogen) atoms. The normalized spacial score (nSPS) is 21.6. The van der Waals surface area contributed by atoms with Gasteiger partial charge in [-0.1, -0.05) is 23.7 Å². The number of benzene rings is 1. The maximum Gasteiger partial charge on any atom is 0.279 e. The molecule has 0 radical (unpaired) electrons. The van der Waals surface area contributed by atoms with Crippen molar-refractivity contribution in [3.63, 3.8) is 0 Å². The van der Waals surface area contributed by atoms with Gasteiger partial charge in [0.05, 0.1) is 18.5 Å². The van der Waals surface area contributed by atoms with Crippen LogP contribution in [0.5, 0.6) is 0 Å². The number of fused-ring (bicyclic) bond motifs is 1. The Kier molecular flexibility index (Phi) is 5.54. The molecule has 2 atom stereocenters. The van der Waals surface area contributed by atoms with Gasteiger partial charge in [0, 0.05) is 30.3 Å². The van der Waals surface area contributed by atoms with Gasteiger partial charge < -0.3 is 10.2 Å². The molecule has 2 aliphatic heterocycles. The number of nitrogens with one attached hydrogen (secondary N) is 1. The van der Waals surface area contributed by atoms with Crippen LogP contribution in [0.25, 0.3) is 21.9 Å². The summed E-state index contributed by atoms with van der Waals surface area (Å²) in [5.74, 6) is 1.61. The first-order chi connectivity index (χ1) is 17.0. The van der Waals surface area contributed by atoms with Gasteiger partial charge in [-0.15, -0.1) is 0 Å². The van der Waals surface area contributed by atoms with E-state index in [2.05, 4.69) is 20.0 Å². The van der Waals surface area contributed by atoms with E-state index < -0.39 is 11.4 Å². The Morgan fingerprint density at radius 2 is 1.97 bits per heavy atom. The Labute approximate surface area is 207 Å². The second-order valence-electron chi connectivity index (χ2n) is 9.62. The predicted molar refractivity (Wildman–Crippen MR) is 133 cm³/mol. The summed E-state index contributed by atoms with van der Waals surface area (Å²) in [5, 5.41) is 3.49. The van der Waals surface area contributed by atoms with Crippen molar-refractivity contribution in [1.29, 1.82) is 0 Å². The highest BCUT2D eigenvalue weighted by atomic mass is 35.5. The van der Waals surface area contributed by atoms with Crippen molar-refractivity contribution in [2.24, 2.45) is 11.8 Å². The Morgan fingerprint density at radius 3 is 2.69 bits per heavy atom. The van der Waals surface area contributed by atoms with Crippen LogP contribution in [0.1, 0.15) is 30.9 Å². The van der Waals surface area contributed by atoms with E-state index in [1.54, 1.807) is 12.3 Å². The minimum absolute atomic E-state index is 0.0441. The van der Waals surface area contributed by atoms with Crippen LogP contribution in [0.3, 0.4) is 0 Å². The quantitative estimate of drug-likeness (QED) is 0.543. The van der Waals surface area contributed by atoms with Crippen molar-refractivity contribution in [1.82, 2.24) is 19.9 Å². The van der Waals surface area contributed by atoms with Crippen LogP contribution >= 0.6 is 11.6 Å². The maximum absolute atomic E-state index is 14.6. The van der Waals surface area contributed by atoms with Crippen molar-refractivity contribution in [3.05, 3.63) is 74.8 Å². The number of nitrogens with zero attached hydrogens (tertiary/aromatic N) is 5. The highest BCUT2D eigenvalue weighted by Gasteiger charge is 2.35. The number of hydrogen-bond acceptors (Lipinski definition) is 5. The standard InChI is InChI=1S/C26H24ClFN6O/c1-29-22-6-4-16(10-20(22)28)24-32-25(33-9-8-17-11-30-12-18(17)14-33)23(27)26(35)34(24)19-5-7-21(31-13-19)15-2-3-15/h4-7,10,13,15,17-18,30H,2-3,8-9,11-12,14H2. The molecule has 178 valence electrons. The number of anilines is 1. The third-order valence-corrected chi connectivity index (χ3v) is 7.70. The molecule has 7 nitrogen and oxygen atoms in total. The fraction of sp³-hybridized carbons (Fsp3) is 0.385. The topological polar surface area (TPSA) is 67.4 Å². The molecule has 3 fully saturated rings. The van der Waals surface area contributed by atoms with Crippen molar-refractivity contribution in [2.75, 3.05) is 31.1 Å². The summed E-state index contributed by atoms with van der Waals surface area (Å²) < 4.78 is 16.0. The average Bonchev–Trinajstić information content (AvgIpc) is 3.62. The molecule has 1 aliphatic carbocycles. The Hall–Kier alpha value is -3.28. The molecule has 9 heteroatoms. The second kappa shape index (κ2) is 8.74.